The van der Waals surface area contributed by atoms with Crippen LogP contribution in [0.4, 0.5) is 0 Å². The molecular formula is C21H22N4S. The van der Waals surface area contributed by atoms with Crippen LogP contribution < -0.4 is 10.9 Å². The minimum Gasteiger partial charge on any atom is -0.252 e. The summed E-state index contributed by atoms with van der Waals surface area (Å²) < 4.78 is 0. The summed E-state index contributed by atoms with van der Waals surface area (Å²) in [6.07, 6.45) is 7.82. The predicted octanol–water partition coefficient (Wildman–Crippen LogP) is 4.63. The normalized spacial score (nSPS) is 12.5. The molecule has 2 aromatic carbocycles. The van der Waals surface area contributed by atoms with Crippen LogP contribution in [0.2, 0.25) is 0 Å². The van der Waals surface area contributed by atoms with E-state index in [1.807, 2.05) is 98.8 Å². The molecule has 0 aliphatic rings. The van der Waals surface area contributed by atoms with E-state index in [0.29, 0.717) is 5.11 Å². The summed E-state index contributed by atoms with van der Waals surface area (Å²) in [5, 5.41) is 8.74. The van der Waals surface area contributed by atoms with Crippen molar-refractivity contribution in [3.05, 3.63) is 83.9 Å². The number of thiocarbonyl (C=S) groups is 1. The molecule has 0 spiro atoms. The maximum atomic E-state index is 5.16. The second-order valence-corrected chi connectivity index (χ2v) is 5.96. The lowest BCUT2D eigenvalue weighted by atomic mass is 10.2. The minimum atomic E-state index is 0.338. The summed E-state index contributed by atoms with van der Waals surface area (Å²) in [6, 6.07) is 20.1. The molecule has 0 aromatic heterocycles. The lowest BCUT2D eigenvalue weighted by Gasteiger charge is -2.03. The van der Waals surface area contributed by atoms with Crippen molar-refractivity contribution < 1.29 is 0 Å². The smallest absolute Gasteiger partial charge is 0.207 e. The Balaban J connectivity index is 1.80. The highest BCUT2D eigenvalue weighted by Crippen LogP contribution is 2.01. The zero-order chi connectivity index (χ0) is 18.6. The summed E-state index contributed by atoms with van der Waals surface area (Å²) in [7, 11) is 0. The Morgan fingerprint density at radius 2 is 1.12 bits per heavy atom. The van der Waals surface area contributed by atoms with Crippen LogP contribution in [-0.2, 0) is 0 Å². The minimum absolute atomic E-state index is 0.338. The van der Waals surface area contributed by atoms with E-state index in [1.165, 1.54) is 0 Å². The first kappa shape index (κ1) is 19.3. The quantitative estimate of drug-likeness (QED) is 0.447. The van der Waals surface area contributed by atoms with E-state index in [2.05, 4.69) is 21.1 Å². The Kier molecular flexibility index (Phi) is 7.96. The molecule has 0 amide bonds. The second-order valence-electron chi connectivity index (χ2n) is 5.55. The number of hydrogen-bond acceptors (Lipinski definition) is 3. The van der Waals surface area contributed by atoms with Gasteiger partial charge in [-0.3, -0.25) is 10.9 Å². The summed E-state index contributed by atoms with van der Waals surface area (Å²) >= 11 is 5.16. The Bertz CT molecular complexity index is 752. The lowest BCUT2D eigenvalue weighted by molar-refractivity contribution is 0.927. The van der Waals surface area contributed by atoms with Gasteiger partial charge in [-0.15, -0.1) is 0 Å². The third-order valence-corrected chi connectivity index (χ3v) is 3.48. The Hall–Kier alpha value is -3.05. The second kappa shape index (κ2) is 10.7. The fraction of sp³-hybridized carbons (Fsp3) is 0.0952. The molecule has 2 rings (SSSR count). The number of hydrazone groups is 2. The largest absolute Gasteiger partial charge is 0.252 e. The van der Waals surface area contributed by atoms with Crippen LogP contribution in [0.1, 0.15) is 25.0 Å². The van der Waals surface area contributed by atoms with Gasteiger partial charge in [-0.2, -0.15) is 10.2 Å². The van der Waals surface area contributed by atoms with Gasteiger partial charge in [0.1, 0.15) is 0 Å². The topological polar surface area (TPSA) is 48.8 Å². The van der Waals surface area contributed by atoms with Crippen molar-refractivity contribution in [3.8, 4) is 0 Å². The highest BCUT2D eigenvalue weighted by molar-refractivity contribution is 7.80. The van der Waals surface area contributed by atoms with Crippen molar-refractivity contribution in [2.75, 3.05) is 0 Å². The molecule has 132 valence electrons. The summed E-state index contributed by atoms with van der Waals surface area (Å²) in [5.74, 6) is 0. The first-order chi connectivity index (χ1) is 12.6. The van der Waals surface area contributed by atoms with Gasteiger partial charge in [-0.1, -0.05) is 72.8 Å². The van der Waals surface area contributed by atoms with E-state index >= 15 is 0 Å². The van der Waals surface area contributed by atoms with Gasteiger partial charge in [0.2, 0.25) is 5.11 Å². The zero-order valence-electron chi connectivity index (χ0n) is 14.9. The lowest BCUT2D eigenvalue weighted by Crippen LogP contribution is -2.29. The first-order valence-electron chi connectivity index (χ1n) is 8.24. The van der Waals surface area contributed by atoms with Crippen LogP contribution in [0.5, 0.6) is 0 Å². The monoisotopic (exact) mass is 362 g/mol. The number of benzene rings is 2. The third kappa shape index (κ3) is 7.68. The van der Waals surface area contributed by atoms with Crippen molar-refractivity contribution in [3.63, 3.8) is 0 Å². The molecule has 0 bridgehead atoms. The van der Waals surface area contributed by atoms with Crippen LogP contribution in [0, 0.1) is 0 Å². The zero-order valence-corrected chi connectivity index (χ0v) is 15.7. The molecule has 5 heteroatoms. The van der Waals surface area contributed by atoms with Gasteiger partial charge >= 0.3 is 0 Å². The van der Waals surface area contributed by atoms with E-state index in [-0.39, 0.29) is 0 Å². The molecule has 26 heavy (non-hydrogen) atoms. The van der Waals surface area contributed by atoms with E-state index in [1.54, 1.807) is 0 Å². The van der Waals surface area contributed by atoms with Gasteiger partial charge < -0.3 is 0 Å². The Morgan fingerprint density at radius 1 is 0.731 bits per heavy atom. The van der Waals surface area contributed by atoms with Crippen LogP contribution in [0.25, 0.3) is 12.2 Å². The molecule has 0 radical (unpaired) electrons. The molecule has 2 N–H and O–H groups in total. The maximum Gasteiger partial charge on any atom is 0.207 e. The van der Waals surface area contributed by atoms with Gasteiger partial charge in [0.25, 0.3) is 0 Å². The van der Waals surface area contributed by atoms with Crippen LogP contribution >= 0.6 is 12.2 Å². The highest BCUT2D eigenvalue weighted by atomic mass is 32.1. The summed E-state index contributed by atoms with van der Waals surface area (Å²) in [5.41, 5.74) is 9.40. The predicted molar refractivity (Wildman–Crippen MR) is 116 cm³/mol. The molecule has 0 fully saturated rings. The average Bonchev–Trinajstić information content (AvgIpc) is 2.69. The van der Waals surface area contributed by atoms with Crippen molar-refractivity contribution >= 4 is 40.9 Å². The van der Waals surface area contributed by atoms with Crippen LogP contribution in [0.15, 0.2) is 83.0 Å². The van der Waals surface area contributed by atoms with E-state index in [9.17, 15) is 0 Å². The molecule has 0 heterocycles. The maximum absolute atomic E-state index is 5.16. The Labute approximate surface area is 160 Å². The number of nitrogens with zero attached hydrogens (tertiary/aromatic N) is 2. The molecule has 4 nitrogen and oxygen atoms in total. The number of nitrogens with one attached hydrogen (secondary N) is 2. The fourth-order valence-electron chi connectivity index (χ4n) is 1.94. The molecule has 0 saturated carbocycles. The van der Waals surface area contributed by atoms with Crippen LogP contribution in [0.3, 0.4) is 0 Å². The summed E-state index contributed by atoms with van der Waals surface area (Å²) in [4.78, 5) is 0. The molecule has 0 atom stereocenters. The van der Waals surface area contributed by atoms with Gasteiger partial charge in [0, 0.05) is 0 Å². The van der Waals surface area contributed by atoms with Crippen LogP contribution in [-0.4, -0.2) is 16.5 Å². The van der Waals surface area contributed by atoms with Crippen molar-refractivity contribution in [1.29, 1.82) is 0 Å². The first-order valence-corrected chi connectivity index (χ1v) is 8.65. The van der Waals surface area contributed by atoms with E-state index in [0.717, 1.165) is 22.6 Å². The number of allylic oxidation sites excluding steroid dienone is 2. The average molecular weight is 363 g/mol. The van der Waals surface area contributed by atoms with Gasteiger partial charge in [-0.05, 0) is 49.3 Å². The standard InChI is InChI=1S/C21H22N4S/c1-17(13-15-19-9-5-3-6-10-19)22-24-21(26)25-23-18(2)14-16-20-11-7-4-8-12-20/h3-16H,1-2H3,(H2,24,25,26)/b15-13-,16-14-,22-17-,23-18-. The third-order valence-electron chi connectivity index (χ3n) is 3.30. The SMILES string of the molecule is CC(/C=C\c1ccccc1)=N/NC(=S)N/N=C(C)\C=C/c1ccccc1. The van der Waals surface area contributed by atoms with Gasteiger partial charge in [-0.25, -0.2) is 0 Å². The van der Waals surface area contributed by atoms with Crippen molar-refractivity contribution in [1.82, 2.24) is 10.9 Å². The Morgan fingerprint density at radius 3 is 1.50 bits per heavy atom. The van der Waals surface area contributed by atoms with Gasteiger partial charge in [0.15, 0.2) is 0 Å². The van der Waals surface area contributed by atoms with Crippen molar-refractivity contribution in [2.24, 2.45) is 10.2 Å². The molecule has 0 saturated heterocycles. The van der Waals surface area contributed by atoms with Gasteiger partial charge in [0.05, 0.1) is 11.4 Å². The molecule has 0 aliphatic carbocycles. The number of hydrogen-bond donors (Lipinski definition) is 2. The van der Waals surface area contributed by atoms with E-state index < -0.39 is 0 Å². The van der Waals surface area contributed by atoms with E-state index in [4.69, 9.17) is 12.2 Å². The molecule has 0 unspecified atom stereocenters. The molecule has 2 aromatic rings. The van der Waals surface area contributed by atoms with Crippen molar-refractivity contribution in [2.45, 2.75) is 13.8 Å². The summed E-state index contributed by atoms with van der Waals surface area (Å²) in [6.45, 7) is 3.79. The molecule has 0 aliphatic heterocycles. The number of rotatable bonds is 6. The fourth-order valence-corrected chi connectivity index (χ4v) is 2.03. The molecular weight excluding hydrogens is 340 g/mol. The highest BCUT2D eigenvalue weighted by Gasteiger charge is 1.92.